The van der Waals surface area contributed by atoms with Crippen LogP contribution in [0, 0.1) is 5.82 Å². The second-order valence-electron chi connectivity index (χ2n) is 6.51. The van der Waals surface area contributed by atoms with E-state index in [0.717, 1.165) is 5.56 Å². The largest absolute Gasteiger partial charge is 0.493 e. The van der Waals surface area contributed by atoms with Crippen LogP contribution in [0.3, 0.4) is 0 Å². The number of halogens is 1. The first-order chi connectivity index (χ1) is 14.5. The Balaban J connectivity index is 1.92. The zero-order valence-electron chi connectivity index (χ0n) is 17.1. The number of ether oxygens (including phenoxy) is 3. The Labute approximate surface area is 174 Å². The van der Waals surface area contributed by atoms with Gasteiger partial charge in [-0.3, -0.25) is 4.79 Å². The van der Waals surface area contributed by atoms with Crippen molar-refractivity contribution in [2.24, 2.45) is 0 Å². The second kappa shape index (κ2) is 9.73. The van der Waals surface area contributed by atoms with E-state index in [0.29, 0.717) is 35.2 Å². The molecule has 0 unspecified atom stereocenters. The first kappa shape index (κ1) is 21.1. The van der Waals surface area contributed by atoms with E-state index in [1.165, 1.54) is 24.3 Å². The monoisotopic (exact) mass is 410 g/mol. The van der Waals surface area contributed by atoms with Gasteiger partial charge in [-0.15, -0.1) is 0 Å². The Morgan fingerprint density at radius 1 is 0.967 bits per heavy atom. The highest BCUT2D eigenvalue weighted by molar-refractivity contribution is 5.99. The summed E-state index contributed by atoms with van der Waals surface area (Å²) in [4.78, 5) is 19.0. The summed E-state index contributed by atoms with van der Waals surface area (Å²) < 4.78 is 29.4. The summed E-state index contributed by atoms with van der Waals surface area (Å²) in [5.41, 5.74) is 1.28. The zero-order chi connectivity index (χ0) is 21.5. The average molecular weight is 410 g/mol. The highest BCUT2D eigenvalue weighted by Crippen LogP contribution is 2.38. The Morgan fingerprint density at radius 3 is 2.17 bits per heavy atom. The van der Waals surface area contributed by atoms with Crippen molar-refractivity contribution in [1.82, 2.24) is 4.98 Å². The van der Waals surface area contributed by atoms with Crippen LogP contribution in [0.2, 0.25) is 0 Å². The highest BCUT2D eigenvalue weighted by atomic mass is 19.1. The molecule has 6 nitrogen and oxygen atoms in total. The van der Waals surface area contributed by atoms with Crippen LogP contribution in [0.1, 0.15) is 15.9 Å². The van der Waals surface area contributed by atoms with E-state index in [9.17, 15) is 9.18 Å². The molecule has 0 N–H and O–H groups in total. The fraction of sp³-hybridized carbons (Fsp3) is 0.217. The molecule has 0 aliphatic heterocycles. The lowest BCUT2D eigenvalue weighted by molar-refractivity contribution is 0.0998. The summed E-state index contributed by atoms with van der Waals surface area (Å²) >= 11 is 0. The predicted molar refractivity (Wildman–Crippen MR) is 112 cm³/mol. The van der Waals surface area contributed by atoms with Gasteiger partial charge in [0, 0.05) is 18.3 Å². The van der Waals surface area contributed by atoms with E-state index in [1.807, 2.05) is 35.2 Å². The minimum Gasteiger partial charge on any atom is -0.493 e. The van der Waals surface area contributed by atoms with E-state index < -0.39 is 0 Å². The maximum atomic E-state index is 13.2. The maximum Gasteiger partial charge on any atom is 0.203 e. The van der Waals surface area contributed by atoms with Gasteiger partial charge in [0.25, 0.3) is 0 Å². The molecule has 0 atom stereocenters. The molecule has 0 fully saturated rings. The van der Waals surface area contributed by atoms with E-state index >= 15 is 0 Å². The number of hydrogen-bond acceptors (Lipinski definition) is 6. The van der Waals surface area contributed by atoms with Gasteiger partial charge in [0.2, 0.25) is 5.75 Å². The molecule has 0 aliphatic rings. The van der Waals surface area contributed by atoms with Gasteiger partial charge in [-0.25, -0.2) is 9.37 Å². The maximum absolute atomic E-state index is 13.2. The molecule has 3 rings (SSSR count). The fourth-order valence-electron chi connectivity index (χ4n) is 3.11. The number of anilines is 1. The molecule has 2 aromatic carbocycles. The van der Waals surface area contributed by atoms with Gasteiger partial charge in [-0.2, -0.15) is 0 Å². The van der Waals surface area contributed by atoms with Gasteiger partial charge in [0.15, 0.2) is 17.3 Å². The molecule has 0 radical (unpaired) electrons. The molecule has 0 amide bonds. The number of nitrogens with zero attached hydrogens (tertiary/aromatic N) is 2. The molecule has 1 heterocycles. The topological polar surface area (TPSA) is 60.9 Å². The van der Waals surface area contributed by atoms with Crippen LogP contribution in [0.4, 0.5) is 10.2 Å². The van der Waals surface area contributed by atoms with Crippen molar-refractivity contribution in [2.75, 3.05) is 32.8 Å². The minimum absolute atomic E-state index is 0.0688. The number of pyridine rings is 1. The van der Waals surface area contributed by atoms with Gasteiger partial charge in [-0.05, 0) is 54.1 Å². The standard InChI is InChI=1S/C23H23FN2O4/c1-28-20-12-16(13-21(29-2)23(20)30-3)14-26(22-6-4-5-11-25-22)15-19(27)17-7-9-18(24)10-8-17/h4-13H,14-15H2,1-3H3. The van der Waals surface area contributed by atoms with Crippen LogP contribution in [0.5, 0.6) is 17.2 Å². The number of benzene rings is 2. The number of aromatic nitrogens is 1. The number of carbonyl (C=O) groups is 1. The number of Topliss-reactive ketones (excluding diaryl/α,β-unsaturated/α-hetero) is 1. The third kappa shape index (κ3) is 4.86. The molecule has 0 saturated heterocycles. The Hall–Kier alpha value is -3.61. The molecule has 156 valence electrons. The lowest BCUT2D eigenvalue weighted by Gasteiger charge is -2.24. The summed E-state index contributed by atoms with van der Waals surface area (Å²) in [6, 6.07) is 14.7. The predicted octanol–water partition coefficient (Wildman–Crippen LogP) is 4.14. The van der Waals surface area contributed by atoms with Crippen molar-refractivity contribution in [1.29, 1.82) is 0 Å². The first-order valence-corrected chi connectivity index (χ1v) is 9.29. The van der Waals surface area contributed by atoms with E-state index in [4.69, 9.17) is 14.2 Å². The summed E-state index contributed by atoms with van der Waals surface area (Å²) in [7, 11) is 4.65. The lowest BCUT2D eigenvalue weighted by atomic mass is 10.1. The molecule has 0 aliphatic carbocycles. The highest BCUT2D eigenvalue weighted by Gasteiger charge is 2.18. The number of hydrogen-bond donors (Lipinski definition) is 0. The van der Waals surface area contributed by atoms with Crippen molar-refractivity contribution in [3.63, 3.8) is 0 Å². The summed E-state index contributed by atoms with van der Waals surface area (Å²) in [5.74, 6) is 1.66. The summed E-state index contributed by atoms with van der Waals surface area (Å²) in [5, 5.41) is 0. The molecule has 1 aromatic heterocycles. The number of methoxy groups -OCH3 is 3. The van der Waals surface area contributed by atoms with Gasteiger partial charge in [0.1, 0.15) is 11.6 Å². The number of ketones is 1. The van der Waals surface area contributed by atoms with Gasteiger partial charge in [-0.1, -0.05) is 6.07 Å². The van der Waals surface area contributed by atoms with Crippen molar-refractivity contribution < 1.29 is 23.4 Å². The zero-order valence-corrected chi connectivity index (χ0v) is 17.1. The fourth-order valence-corrected chi connectivity index (χ4v) is 3.11. The quantitative estimate of drug-likeness (QED) is 0.494. The molecule has 0 saturated carbocycles. The van der Waals surface area contributed by atoms with Crippen LogP contribution in [0.25, 0.3) is 0 Å². The summed E-state index contributed by atoms with van der Waals surface area (Å²) in [6.07, 6.45) is 1.67. The normalized spacial score (nSPS) is 10.4. The van der Waals surface area contributed by atoms with Crippen molar-refractivity contribution in [2.45, 2.75) is 6.54 Å². The lowest BCUT2D eigenvalue weighted by Crippen LogP contribution is -2.30. The number of rotatable bonds is 9. The third-order valence-electron chi connectivity index (χ3n) is 4.57. The third-order valence-corrected chi connectivity index (χ3v) is 4.57. The van der Waals surface area contributed by atoms with Crippen LogP contribution in [0.15, 0.2) is 60.8 Å². The summed E-state index contributed by atoms with van der Waals surface area (Å²) in [6.45, 7) is 0.444. The van der Waals surface area contributed by atoms with Gasteiger partial charge < -0.3 is 19.1 Å². The van der Waals surface area contributed by atoms with Crippen LogP contribution in [-0.4, -0.2) is 38.6 Å². The Kier molecular flexibility index (Phi) is 6.85. The van der Waals surface area contributed by atoms with Crippen LogP contribution < -0.4 is 19.1 Å². The molecular weight excluding hydrogens is 387 g/mol. The minimum atomic E-state index is -0.384. The van der Waals surface area contributed by atoms with Crippen molar-refractivity contribution in [3.8, 4) is 17.2 Å². The first-order valence-electron chi connectivity index (χ1n) is 9.29. The molecule has 0 spiro atoms. The second-order valence-corrected chi connectivity index (χ2v) is 6.51. The SMILES string of the molecule is COc1cc(CN(CC(=O)c2ccc(F)cc2)c2ccccn2)cc(OC)c1OC. The van der Waals surface area contributed by atoms with Crippen molar-refractivity contribution in [3.05, 3.63) is 77.7 Å². The van der Waals surface area contributed by atoms with E-state index in [1.54, 1.807) is 27.5 Å². The molecule has 0 bridgehead atoms. The van der Waals surface area contributed by atoms with Gasteiger partial charge >= 0.3 is 0 Å². The van der Waals surface area contributed by atoms with E-state index in [-0.39, 0.29) is 18.1 Å². The molecule has 7 heteroatoms. The van der Waals surface area contributed by atoms with Crippen LogP contribution in [-0.2, 0) is 6.54 Å². The van der Waals surface area contributed by atoms with Gasteiger partial charge in [0.05, 0.1) is 27.9 Å². The van der Waals surface area contributed by atoms with Crippen LogP contribution >= 0.6 is 0 Å². The number of carbonyl (C=O) groups excluding carboxylic acids is 1. The smallest absolute Gasteiger partial charge is 0.203 e. The van der Waals surface area contributed by atoms with Crippen molar-refractivity contribution >= 4 is 11.6 Å². The molecule has 3 aromatic rings. The average Bonchev–Trinajstić information content (AvgIpc) is 2.78. The molecule has 30 heavy (non-hydrogen) atoms. The Bertz CT molecular complexity index is 969. The molecular formula is C23H23FN2O4. The Morgan fingerprint density at radius 2 is 1.63 bits per heavy atom. The van der Waals surface area contributed by atoms with E-state index in [2.05, 4.69) is 4.98 Å².